The molecule has 13 aromatic rings. The lowest BCUT2D eigenvalue weighted by molar-refractivity contribution is 0.669. The topological polar surface area (TPSA) is 23.0 Å². The maximum absolute atomic E-state index is 6.63. The van der Waals surface area contributed by atoms with Gasteiger partial charge in [0.05, 0.1) is 27.8 Å². The first kappa shape index (κ1) is 30.7. The van der Waals surface area contributed by atoms with Crippen molar-refractivity contribution >= 4 is 87.1 Å². The van der Waals surface area contributed by atoms with Gasteiger partial charge in [-0.15, -0.1) is 0 Å². The Morgan fingerprint density at radius 1 is 0.263 bits per heavy atom. The smallest absolute Gasteiger partial charge is 0.138 e. The van der Waals surface area contributed by atoms with Crippen LogP contribution in [0.2, 0.25) is 0 Å². The third-order valence-corrected chi connectivity index (χ3v) is 12.2. The molecule has 0 atom stereocenters. The lowest BCUT2D eigenvalue weighted by Crippen LogP contribution is -1.95. The van der Waals surface area contributed by atoms with Crippen LogP contribution in [0.5, 0.6) is 0 Å². The summed E-state index contributed by atoms with van der Waals surface area (Å²) in [5, 5.41) is 12.3. The van der Waals surface area contributed by atoms with E-state index in [0.717, 1.165) is 22.5 Å². The summed E-state index contributed by atoms with van der Waals surface area (Å²) in [4.78, 5) is 0. The molecular weight excluding hydrogens is 693 g/mol. The predicted octanol–water partition coefficient (Wildman–Crippen LogP) is 14.9. The molecule has 0 unspecified atom stereocenters. The van der Waals surface area contributed by atoms with Crippen LogP contribution in [-0.2, 0) is 0 Å². The molecule has 0 fully saturated rings. The number of rotatable bonds is 4. The average molecular weight is 725 g/mol. The minimum absolute atomic E-state index is 0.918. The fourth-order valence-electron chi connectivity index (χ4n) is 9.77. The molecule has 0 saturated carbocycles. The molecule has 3 aromatic heterocycles. The van der Waals surface area contributed by atoms with Crippen molar-refractivity contribution in [1.29, 1.82) is 0 Å². The summed E-state index contributed by atoms with van der Waals surface area (Å²) in [7, 11) is 0. The molecule has 0 saturated heterocycles. The Labute approximate surface area is 327 Å². The summed E-state index contributed by atoms with van der Waals surface area (Å²) in [6.07, 6.45) is 0. The van der Waals surface area contributed by atoms with E-state index in [1.54, 1.807) is 0 Å². The first-order chi connectivity index (χ1) is 28.3. The largest absolute Gasteiger partial charge is 0.456 e. The van der Waals surface area contributed by atoms with Gasteiger partial charge in [-0.25, -0.2) is 0 Å². The SMILES string of the molecule is c1ccc(-c2cccc(-n3c4ccccc4c4cc(-c5ccc6c(c5)c5ccccc5n6-c5cc6oc7cccc8c9ccccc9c(c5)c6c78)ccc43)c2)cc1. The second-order valence-electron chi connectivity index (χ2n) is 15.3. The predicted molar refractivity (Wildman–Crippen MR) is 239 cm³/mol. The normalized spacial score (nSPS) is 12.2. The second-order valence-corrected chi connectivity index (χ2v) is 15.3. The van der Waals surface area contributed by atoms with Gasteiger partial charge in [0, 0.05) is 44.1 Å². The van der Waals surface area contributed by atoms with E-state index in [4.69, 9.17) is 4.42 Å². The van der Waals surface area contributed by atoms with E-state index < -0.39 is 0 Å². The summed E-state index contributed by atoms with van der Waals surface area (Å²) in [5.41, 5.74) is 13.7. The third kappa shape index (κ3) is 4.31. The van der Waals surface area contributed by atoms with Crippen LogP contribution in [0.15, 0.2) is 199 Å². The Kier molecular flexibility index (Phi) is 6.16. The van der Waals surface area contributed by atoms with Gasteiger partial charge >= 0.3 is 0 Å². The van der Waals surface area contributed by atoms with Crippen molar-refractivity contribution in [3.05, 3.63) is 194 Å². The van der Waals surface area contributed by atoms with Gasteiger partial charge in [0.1, 0.15) is 11.2 Å². The Bertz CT molecular complexity index is 3750. The van der Waals surface area contributed by atoms with Crippen LogP contribution in [0.25, 0.3) is 121 Å². The highest BCUT2D eigenvalue weighted by molar-refractivity contribution is 6.33. The van der Waals surface area contributed by atoms with E-state index in [1.165, 1.54) is 98.2 Å². The van der Waals surface area contributed by atoms with Gasteiger partial charge < -0.3 is 13.6 Å². The zero-order valence-electron chi connectivity index (χ0n) is 30.8. The summed E-state index contributed by atoms with van der Waals surface area (Å²) in [5.74, 6) is 0. The number of furan rings is 1. The number of para-hydroxylation sites is 2. The van der Waals surface area contributed by atoms with Crippen LogP contribution in [0.1, 0.15) is 0 Å². The Morgan fingerprint density at radius 3 is 1.47 bits per heavy atom. The second kappa shape index (κ2) is 11.5. The van der Waals surface area contributed by atoms with Crippen LogP contribution >= 0.6 is 0 Å². The number of hydrogen-bond acceptors (Lipinski definition) is 1. The quantitative estimate of drug-likeness (QED) is 0.166. The number of aromatic nitrogens is 2. The summed E-state index contributed by atoms with van der Waals surface area (Å²) in [6.45, 7) is 0. The van der Waals surface area contributed by atoms with E-state index >= 15 is 0 Å². The van der Waals surface area contributed by atoms with Crippen LogP contribution in [0, 0.1) is 0 Å². The van der Waals surface area contributed by atoms with Crippen LogP contribution in [0.3, 0.4) is 0 Å². The van der Waals surface area contributed by atoms with Gasteiger partial charge in [0.15, 0.2) is 0 Å². The van der Waals surface area contributed by atoms with Gasteiger partial charge in [-0.2, -0.15) is 0 Å². The molecular formula is C54H32N2O. The molecule has 3 heteroatoms. The molecule has 264 valence electrons. The van der Waals surface area contributed by atoms with Gasteiger partial charge in [-0.1, -0.05) is 127 Å². The molecule has 3 heterocycles. The molecule has 0 bridgehead atoms. The number of hydrogen-bond donors (Lipinski definition) is 0. The molecule has 0 aliphatic carbocycles. The molecule has 10 aromatic carbocycles. The minimum atomic E-state index is 0.918. The van der Waals surface area contributed by atoms with E-state index in [2.05, 4.69) is 203 Å². The fraction of sp³-hybridized carbons (Fsp3) is 0. The van der Waals surface area contributed by atoms with Crippen molar-refractivity contribution in [2.24, 2.45) is 0 Å². The van der Waals surface area contributed by atoms with E-state index in [-0.39, 0.29) is 0 Å². The molecule has 0 aliphatic rings. The van der Waals surface area contributed by atoms with Crippen molar-refractivity contribution in [1.82, 2.24) is 9.13 Å². The molecule has 13 rings (SSSR count). The van der Waals surface area contributed by atoms with Crippen molar-refractivity contribution in [3.8, 4) is 33.6 Å². The lowest BCUT2D eigenvalue weighted by Gasteiger charge is -2.12. The van der Waals surface area contributed by atoms with Gasteiger partial charge in [-0.05, 0) is 104 Å². The van der Waals surface area contributed by atoms with Gasteiger partial charge in [-0.3, -0.25) is 0 Å². The van der Waals surface area contributed by atoms with Crippen LogP contribution in [-0.4, -0.2) is 9.13 Å². The monoisotopic (exact) mass is 724 g/mol. The van der Waals surface area contributed by atoms with E-state index in [1.807, 2.05) is 0 Å². The van der Waals surface area contributed by atoms with Gasteiger partial charge in [0.25, 0.3) is 0 Å². The summed E-state index contributed by atoms with van der Waals surface area (Å²) in [6, 6.07) is 70.7. The number of fused-ring (bicyclic) bond motifs is 9. The summed E-state index contributed by atoms with van der Waals surface area (Å²) < 4.78 is 11.5. The highest BCUT2D eigenvalue weighted by Crippen LogP contribution is 2.45. The Morgan fingerprint density at radius 2 is 0.772 bits per heavy atom. The zero-order valence-corrected chi connectivity index (χ0v) is 30.8. The van der Waals surface area contributed by atoms with E-state index in [9.17, 15) is 0 Å². The average Bonchev–Trinajstić information content (AvgIpc) is 3.94. The van der Waals surface area contributed by atoms with Gasteiger partial charge in [0.2, 0.25) is 0 Å². The van der Waals surface area contributed by atoms with Crippen molar-refractivity contribution in [3.63, 3.8) is 0 Å². The number of nitrogens with zero attached hydrogens (tertiary/aromatic N) is 2. The molecule has 0 N–H and O–H groups in total. The Balaban J connectivity index is 0.998. The molecule has 0 spiro atoms. The van der Waals surface area contributed by atoms with Crippen molar-refractivity contribution in [2.75, 3.05) is 0 Å². The molecule has 0 aliphatic heterocycles. The number of benzene rings is 10. The zero-order chi connectivity index (χ0) is 37.2. The Hall–Kier alpha value is -7.62. The van der Waals surface area contributed by atoms with Crippen molar-refractivity contribution in [2.45, 2.75) is 0 Å². The summed E-state index contributed by atoms with van der Waals surface area (Å²) >= 11 is 0. The van der Waals surface area contributed by atoms with Crippen LogP contribution in [0.4, 0.5) is 0 Å². The van der Waals surface area contributed by atoms with E-state index in [0.29, 0.717) is 0 Å². The minimum Gasteiger partial charge on any atom is -0.456 e. The maximum Gasteiger partial charge on any atom is 0.138 e. The first-order valence-electron chi connectivity index (χ1n) is 19.6. The first-order valence-corrected chi connectivity index (χ1v) is 19.6. The molecule has 57 heavy (non-hydrogen) atoms. The van der Waals surface area contributed by atoms with Crippen molar-refractivity contribution < 1.29 is 4.42 Å². The molecule has 3 nitrogen and oxygen atoms in total. The fourth-order valence-corrected chi connectivity index (χ4v) is 9.77. The van der Waals surface area contributed by atoms with Crippen LogP contribution < -0.4 is 0 Å². The highest BCUT2D eigenvalue weighted by Gasteiger charge is 2.21. The highest BCUT2D eigenvalue weighted by atomic mass is 16.3. The maximum atomic E-state index is 6.63. The third-order valence-electron chi connectivity index (χ3n) is 12.2. The lowest BCUT2D eigenvalue weighted by atomic mass is 9.94. The molecule has 0 radical (unpaired) electrons. The standard InChI is InChI=1S/C54H32N2O/c1-2-12-33(13-3-1)34-14-10-15-37(28-34)55-47-21-8-6-18-41(47)44-29-35(24-26-49(44)55)36-25-27-50-45(30-36)42-19-7-9-22-48(42)56(50)38-31-46-40-17-5-4-16-39(40)43-20-11-23-51-53(43)54(46)52(32-38)57-51/h1-32H. The molecule has 0 amide bonds.